The Morgan fingerprint density at radius 3 is 2.17 bits per heavy atom. The average molecular weight is 396 g/mol. The fraction of sp³-hybridized carbons (Fsp3) is 0.182. The summed E-state index contributed by atoms with van der Waals surface area (Å²) in [6.45, 7) is 3.23. The monoisotopic (exact) mass is 396 g/mol. The topological polar surface area (TPSA) is 99.9 Å². The van der Waals surface area contributed by atoms with Gasteiger partial charge in [-0.2, -0.15) is 0 Å². The fourth-order valence-electron chi connectivity index (χ4n) is 2.21. The molecule has 1 aromatic heterocycles. The fourth-order valence-corrected chi connectivity index (χ4v) is 2.21. The van der Waals surface area contributed by atoms with E-state index in [0.717, 1.165) is 11.9 Å². The summed E-state index contributed by atoms with van der Waals surface area (Å²) in [6, 6.07) is 9.11. The number of benzene rings is 1. The second kappa shape index (κ2) is 10.6. The van der Waals surface area contributed by atoms with Crippen LogP contribution in [-0.2, 0) is 20.9 Å². The summed E-state index contributed by atoms with van der Waals surface area (Å²) in [4.78, 5) is 46.0. The number of furan rings is 1. The molecule has 29 heavy (non-hydrogen) atoms. The Balaban J connectivity index is 2.02. The van der Waals surface area contributed by atoms with Crippen molar-refractivity contribution >= 4 is 24.5 Å². The van der Waals surface area contributed by atoms with Crippen LogP contribution in [0.15, 0.2) is 64.1 Å². The molecule has 2 aromatic rings. The van der Waals surface area contributed by atoms with E-state index in [1.165, 1.54) is 24.3 Å². The lowest BCUT2D eigenvalue weighted by atomic mass is 10.1. The first-order valence-electron chi connectivity index (χ1n) is 8.71. The molecule has 1 aromatic carbocycles. The van der Waals surface area contributed by atoms with Crippen LogP contribution in [0, 0.1) is 0 Å². The van der Waals surface area contributed by atoms with Gasteiger partial charge in [0.05, 0.1) is 11.1 Å². The molecule has 0 saturated heterocycles. The van der Waals surface area contributed by atoms with E-state index in [4.69, 9.17) is 13.9 Å². The SMILES string of the molecule is C/C(C=O)=C\C=C(/C)COC(=O)c1ccccc1C(=O)OCc1ccc(C=O)o1. The number of hydrogen-bond donors (Lipinski definition) is 0. The van der Waals surface area contributed by atoms with Crippen molar-refractivity contribution in [1.29, 1.82) is 0 Å². The molecule has 7 nitrogen and oxygen atoms in total. The molecule has 0 aliphatic rings. The Morgan fingerprint density at radius 1 is 0.931 bits per heavy atom. The highest BCUT2D eigenvalue weighted by molar-refractivity contribution is 6.03. The summed E-state index contributed by atoms with van der Waals surface area (Å²) in [6.07, 6.45) is 4.56. The molecular weight excluding hydrogens is 376 g/mol. The molecule has 0 amide bonds. The number of carbonyl (C=O) groups excluding carboxylic acids is 4. The van der Waals surface area contributed by atoms with E-state index in [1.54, 1.807) is 38.1 Å². The summed E-state index contributed by atoms with van der Waals surface area (Å²) < 4.78 is 15.5. The number of allylic oxidation sites excluding steroid dienone is 3. The van der Waals surface area contributed by atoms with Gasteiger partial charge in [-0.25, -0.2) is 9.59 Å². The molecule has 0 aliphatic heterocycles. The van der Waals surface area contributed by atoms with Gasteiger partial charge < -0.3 is 13.9 Å². The van der Waals surface area contributed by atoms with Gasteiger partial charge in [0.2, 0.25) is 0 Å². The third-order valence-electron chi connectivity index (χ3n) is 3.76. The summed E-state index contributed by atoms with van der Waals surface area (Å²) in [5, 5.41) is 0. The number of ether oxygens (including phenoxy) is 2. The number of rotatable bonds is 9. The van der Waals surface area contributed by atoms with Crippen molar-refractivity contribution in [3.8, 4) is 0 Å². The van der Waals surface area contributed by atoms with Crippen molar-refractivity contribution in [1.82, 2.24) is 0 Å². The highest BCUT2D eigenvalue weighted by Gasteiger charge is 2.19. The molecule has 0 spiro atoms. The van der Waals surface area contributed by atoms with E-state index in [1.807, 2.05) is 0 Å². The van der Waals surface area contributed by atoms with E-state index >= 15 is 0 Å². The lowest BCUT2D eigenvalue weighted by Gasteiger charge is -2.09. The van der Waals surface area contributed by atoms with Gasteiger partial charge in [-0.3, -0.25) is 9.59 Å². The van der Waals surface area contributed by atoms with Crippen LogP contribution in [0.3, 0.4) is 0 Å². The number of aldehydes is 2. The first-order chi connectivity index (χ1) is 13.9. The molecule has 0 radical (unpaired) electrons. The lowest BCUT2D eigenvalue weighted by molar-refractivity contribution is -0.104. The van der Waals surface area contributed by atoms with Crippen LogP contribution in [0.25, 0.3) is 0 Å². The van der Waals surface area contributed by atoms with E-state index < -0.39 is 11.9 Å². The zero-order valence-electron chi connectivity index (χ0n) is 16.0. The smallest absolute Gasteiger partial charge is 0.339 e. The van der Waals surface area contributed by atoms with Gasteiger partial charge >= 0.3 is 11.9 Å². The first-order valence-corrected chi connectivity index (χ1v) is 8.71. The Kier molecular flexibility index (Phi) is 7.85. The van der Waals surface area contributed by atoms with E-state index in [2.05, 4.69) is 0 Å². The maximum Gasteiger partial charge on any atom is 0.339 e. The van der Waals surface area contributed by atoms with E-state index in [-0.39, 0.29) is 30.1 Å². The van der Waals surface area contributed by atoms with Crippen molar-refractivity contribution < 1.29 is 33.1 Å². The third-order valence-corrected chi connectivity index (χ3v) is 3.76. The van der Waals surface area contributed by atoms with Crippen molar-refractivity contribution in [3.05, 3.63) is 82.3 Å². The molecule has 1 heterocycles. The van der Waals surface area contributed by atoms with Crippen LogP contribution < -0.4 is 0 Å². The summed E-state index contributed by atoms with van der Waals surface area (Å²) in [5.41, 5.74) is 1.39. The summed E-state index contributed by atoms with van der Waals surface area (Å²) in [5.74, 6) is -0.970. The van der Waals surface area contributed by atoms with E-state index in [9.17, 15) is 19.2 Å². The second-order valence-corrected chi connectivity index (χ2v) is 6.16. The first kappa shape index (κ1) is 21.6. The number of esters is 2. The van der Waals surface area contributed by atoms with Crippen LogP contribution in [0.1, 0.15) is 50.9 Å². The van der Waals surface area contributed by atoms with Gasteiger partial charge in [-0.15, -0.1) is 0 Å². The predicted octanol–water partition coefficient (Wildman–Crippen LogP) is 3.70. The zero-order valence-corrected chi connectivity index (χ0v) is 16.0. The highest BCUT2D eigenvalue weighted by atomic mass is 16.5. The summed E-state index contributed by atoms with van der Waals surface area (Å²) in [7, 11) is 0. The van der Waals surface area contributed by atoms with Crippen molar-refractivity contribution in [2.24, 2.45) is 0 Å². The van der Waals surface area contributed by atoms with Gasteiger partial charge in [-0.05, 0) is 49.3 Å². The largest absolute Gasteiger partial charge is 0.458 e. The standard InChI is InChI=1S/C22H20O7/c1-15(11-23)7-8-16(2)13-27-21(25)19-5-3-4-6-20(19)22(26)28-14-18-10-9-17(12-24)29-18/h3-12H,13-14H2,1-2H3/b15-7+,16-8+. The molecule has 0 bridgehead atoms. The number of carbonyl (C=O) groups is 4. The van der Waals surface area contributed by atoms with Crippen LogP contribution >= 0.6 is 0 Å². The minimum atomic E-state index is -0.724. The molecule has 0 aliphatic carbocycles. The Bertz CT molecular complexity index is 963. The van der Waals surface area contributed by atoms with Gasteiger partial charge in [-0.1, -0.05) is 24.3 Å². The molecule has 0 atom stereocenters. The molecule has 0 N–H and O–H groups in total. The Morgan fingerprint density at radius 2 is 1.59 bits per heavy atom. The maximum absolute atomic E-state index is 12.4. The third kappa shape index (κ3) is 6.42. The molecule has 2 rings (SSSR count). The quantitative estimate of drug-likeness (QED) is 0.276. The second-order valence-electron chi connectivity index (χ2n) is 6.16. The van der Waals surface area contributed by atoms with Gasteiger partial charge in [0.15, 0.2) is 12.0 Å². The molecule has 0 fully saturated rings. The Hall–Kier alpha value is -3.74. The molecule has 150 valence electrons. The van der Waals surface area contributed by atoms with Crippen molar-refractivity contribution in [3.63, 3.8) is 0 Å². The van der Waals surface area contributed by atoms with Gasteiger partial charge in [0, 0.05) is 0 Å². The highest BCUT2D eigenvalue weighted by Crippen LogP contribution is 2.15. The molecule has 0 unspecified atom stereocenters. The zero-order chi connectivity index (χ0) is 21.2. The molecule has 0 saturated carbocycles. The number of hydrogen-bond acceptors (Lipinski definition) is 7. The van der Waals surface area contributed by atoms with E-state index in [0.29, 0.717) is 17.6 Å². The Labute approximate surface area is 167 Å². The average Bonchev–Trinajstić information content (AvgIpc) is 3.22. The van der Waals surface area contributed by atoms with Crippen molar-refractivity contribution in [2.75, 3.05) is 6.61 Å². The maximum atomic E-state index is 12.4. The normalized spacial score (nSPS) is 11.7. The van der Waals surface area contributed by atoms with Crippen LogP contribution in [0.4, 0.5) is 0 Å². The minimum Gasteiger partial charge on any atom is -0.458 e. The van der Waals surface area contributed by atoms with Crippen molar-refractivity contribution in [2.45, 2.75) is 20.5 Å². The lowest BCUT2D eigenvalue weighted by Crippen LogP contribution is -2.14. The molecule has 7 heteroatoms. The van der Waals surface area contributed by atoms with Crippen LogP contribution in [0.5, 0.6) is 0 Å². The summed E-state index contributed by atoms with van der Waals surface area (Å²) >= 11 is 0. The van der Waals surface area contributed by atoms with Crippen LogP contribution in [-0.4, -0.2) is 31.1 Å². The van der Waals surface area contributed by atoms with Crippen LogP contribution in [0.2, 0.25) is 0 Å². The van der Waals surface area contributed by atoms with Gasteiger partial charge in [0.1, 0.15) is 25.3 Å². The minimum absolute atomic E-state index is 0.00567. The predicted molar refractivity (Wildman–Crippen MR) is 104 cm³/mol. The van der Waals surface area contributed by atoms with Gasteiger partial charge in [0.25, 0.3) is 0 Å². The molecular formula is C22H20O7.